The summed E-state index contributed by atoms with van der Waals surface area (Å²) in [6.45, 7) is 4.74. The molecule has 2 amide bonds. The van der Waals surface area contributed by atoms with E-state index >= 15 is 0 Å². The highest BCUT2D eigenvalue weighted by Gasteiger charge is 2.12. The smallest absolute Gasteiger partial charge is 0.247 e. The van der Waals surface area contributed by atoms with Gasteiger partial charge in [-0.3, -0.25) is 9.59 Å². The second-order valence-corrected chi connectivity index (χ2v) is 6.46. The molecule has 1 aromatic heterocycles. The number of thiophene rings is 1. The fourth-order valence-corrected chi connectivity index (χ4v) is 3.16. The fraction of sp³-hybridized carbons (Fsp3) is 0.263. The van der Waals surface area contributed by atoms with Gasteiger partial charge < -0.3 is 10.2 Å². The maximum atomic E-state index is 13.0. The number of carbonyl (C=O) groups is 2. The summed E-state index contributed by atoms with van der Waals surface area (Å²) in [6.07, 6.45) is 3.21. The quantitative estimate of drug-likeness (QED) is 0.768. The summed E-state index contributed by atoms with van der Waals surface area (Å²) < 4.78 is 13.0. The molecule has 6 heteroatoms. The second-order valence-electron chi connectivity index (χ2n) is 5.35. The minimum absolute atomic E-state index is 0.0543. The molecule has 0 fully saturated rings. The van der Waals surface area contributed by atoms with Crippen LogP contribution in [0, 0.1) is 5.82 Å². The number of likely N-dealkylation sites (N-methyl/N-ethyl adjacent to an activating group) is 2. The summed E-state index contributed by atoms with van der Waals surface area (Å²) in [5, 5.41) is 2.68. The number of rotatable bonds is 7. The third-order valence-electron chi connectivity index (χ3n) is 3.55. The highest BCUT2D eigenvalue weighted by molar-refractivity contribution is 7.16. The summed E-state index contributed by atoms with van der Waals surface area (Å²) in [5.74, 6) is -0.635. The highest BCUT2D eigenvalue weighted by atomic mass is 32.1. The van der Waals surface area contributed by atoms with Gasteiger partial charge in [0.2, 0.25) is 11.8 Å². The summed E-state index contributed by atoms with van der Waals surface area (Å²) in [4.78, 5) is 27.2. The molecule has 2 rings (SSSR count). The van der Waals surface area contributed by atoms with Gasteiger partial charge in [-0.1, -0.05) is 12.1 Å². The van der Waals surface area contributed by atoms with Crippen LogP contribution < -0.4 is 5.32 Å². The Morgan fingerprint density at radius 2 is 1.88 bits per heavy atom. The molecule has 1 aromatic carbocycles. The zero-order chi connectivity index (χ0) is 18.2. The van der Waals surface area contributed by atoms with Crippen molar-refractivity contribution in [2.75, 3.05) is 19.6 Å². The van der Waals surface area contributed by atoms with Crippen molar-refractivity contribution < 1.29 is 14.0 Å². The number of nitrogens with zero attached hydrogens (tertiary/aromatic N) is 1. The van der Waals surface area contributed by atoms with Crippen LogP contribution in [0.2, 0.25) is 0 Å². The van der Waals surface area contributed by atoms with Crippen molar-refractivity contribution in [1.29, 1.82) is 0 Å². The van der Waals surface area contributed by atoms with Crippen LogP contribution in [0.3, 0.4) is 0 Å². The Hall–Kier alpha value is -2.47. The first-order chi connectivity index (χ1) is 12.0. The largest absolute Gasteiger partial charge is 0.355 e. The Morgan fingerprint density at radius 1 is 1.16 bits per heavy atom. The predicted octanol–water partition coefficient (Wildman–Crippen LogP) is 3.55. The molecule has 132 valence electrons. The van der Waals surface area contributed by atoms with Crippen molar-refractivity contribution in [2.24, 2.45) is 0 Å². The molecule has 0 aliphatic heterocycles. The van der Waals surface area contributed by atoms with E-state index in [4.69, 9.17) is 0 Å². The minimum atomic E-state index is -0.266. The van der Waals surface area contributed by atoms with Gasteiger partial charge in [0.05, 0.1) is 6.54 Å². The van der Waals surface area contributed by atoms with Crippen LogP contribution in [0.25, 0.3) is 16.5 Å². The molecule has 0 bridgehead atoms. The average Bonchev–Trinajstić information content (AvgIpc) is 3.07. The van der Waals surface area contributed by atoms with Crippen molar-refractivity contribution in [3.63, 3.8) is 0 Å². The first-order valence-electron chi connectivity index (χ1n) is 8.13. The number of nitrogens with one attached hydrogen (secondary N) is 1. The van der Waals surface area contributed by atoms with Gasteiger partial charge >= 0.3 is 0 Å². The standard InChI is InChI=1S/C19H21FN2O2S/c1-3-21-18(23)13-22(4-2)19(24)12-10-16-9-11-17(25-16)14-5-7-15(20)8-6-14/h5-12H,3-4,13H2,1-2H3,(H,21,23). The molecule has 0 unspecified atom stereocenters. The summed E-state index contributed by atoms with van der Waals surface area (Å²) in [5.41, 5.74) is 0.934. The van der Waals surface area contributed by atoms with Crippen LogP contribution in [0.1, 0.15) is 18.7 Å². The fourth-order valence-electron chi connectivity index (χ4n) is 2.24. The van der Waals surface area contributed by atoms with E-state index in [-0.39, 0.29) is 24.2 Å². The van der Waals surface area contributed by atoms with Gasteiger partial charge in [0.25, 0.3) is 0 Å². The van der Waals surface area contributed by atoms with Crippen molar-refractivity contribution in [2.45, 2.75) is 13.8 Å². The number of hydrogen-bond donors (Lipinski definition) is 1. The minimum Gasteiger partial charge on any atom is -0.355 e. The lowest BCUT2D eigenvalue weighted by molar-refractivity contribution is -0.132. The van der Waals surface area contributed by atoms with Crippen molar-refractivity contribution >= 4 is 29.2 Å². The normalized spacial score (nSPS) is 10.8. The average molecular weight is 360 g/mol. The van der Waals surface area contributed by atoms with E-state index in [0.29, 0.717) is 13.1 Å². The van der Waals surface area contributed by atoms with E-state index in [1.807, 2.05) is 26.0 Å². The molecule has 2 aromatic rings. The lowest BCUT2D eigenvalue weighted by atomic mass is 10.2. The molecule has 0 spiro atoms. The lowest BCUT2D eigenvalue weighted by Crippen LogP contribution is -2.39. The van der Waals surface area contributed by atoms with Gasteiger partial charge in [-0.05, 0) is 49.8 Å². The molecule has 0 aliphatic carbocycles. The van der Waals surface area contributed by atoms with Crippen LogP contribution in [0.4, 0.5) is 4.39 Å². The molecular weight excluding hydrogens is 339 g/mol. The van der Waals surface area contributed by atoms with Crippen LogP contribution in [-0.2, 0) is 9.59 Å². The molecule has 0 atom stereocenters. The van der Waals surface area contributed by atoms with Gasteiger partial charge in [-0.25, -0.2) is 4.39 Å². The molecule has 0 radical (unpaired) electrons. The molecule has 0 saturated heterocycles. The zero-order valence-electron chi connectivity index (χ0n) is 14.3. The molecular formula is C19H21FN2O2S. The molecule has 0 saturated carbocycles. The van der Waals surface area contributed by atoms with Crippen molar-refractivity contribution in [1.82, 2.24) is 10.2 Å². The highest BCUT2D eigenvalue weighted by Crippen LogP contribution is 2.28. The molecule has 1 N–H and O–H groups in total. The molecule has 4 nitrogen and oxygen atoms in total. The Bertz CT molecular complexity index is 753. The number of amides is 2. The third-order valence-corrected chi connectivity index (χ3v) is 4.65. The molecule has 1 heterocycles. The zero-order valence-corrected chi connectivity index (χ0v) is 15.1. The van der Waals surface area contributed by atoms with Crippen LogP contribution in [0.15, 0.2) is 42.5 Å². The number of carbonyl (C=O) groups excluding carboxylic acids is 2. The van der Waals surface area contributed by atoms with E-state index in [1.165, 1.54) is 34.4 Å². The SMILES string of the molecule is CCNC(=O)CN(CC)C(=O)C=Cc1ccc(-c2ccc(F)cc2)s1. The Balaban J connectivity index is 2.02. The number of hydrogen-bond acceptors (Lipinski definition) is 3. The van der Waals surface area contributed by atoms with Crippen molar-refractivity contribution in [3.8, 4) is 10.4 Å². The van der Waals surface area contributed by atoms with E-state index in [0.717, 1.165) is 15.3 Å². The van der Waals surface area contributed by atoms with E-state index in [9.17, 15) is 14.0 Å². The van der Waals surface area contributed by atoms with Crippen molar-refractivity contribution in [3.05, 3.63) is 53.2 Å². The monoisotopic (exact) mass is 360 g/mol. The maximum absolute atomic E-state index is 13.0. The first kappa shape index (κ1) is 18.9. The number of benzene rings is 1. The van der Waals surface area contributed by atoms with E-state index in [2.05, 4.69) is 5.32 Å². The Labute approximate surface area is 151 Å². The summed E-state index contributed by atoms with van der Waals surface area (Å²) in [6, 6.07) is 10.2. The van der Waals surface area contributed by atoms with Gasteiger partial charge in [0.15, 0.2) is 0 Å². The van der Waals surface area contributed by atoms with E-state index in [1.54, 1.807) is 18.2 Å². The Morgan fingerprint density at radius 3 is 2.52 bits per heavy atom. The third kappa shape index (κ3) is 5.53. The lowest BCUT2D eigenvalue weighted by Gasteiger charge is -2.18. The van der Waals surface area contributed by atoms with Crippen LogP contribution in [0.5, 0.6) is 0 Å². The van der Waals surface area contributed by atoms with Crippen LogP contribution >= 0.6 is 11.3 Å². The molecule has 0 aliphatic rings. The summed E-state index contributed by atoms with van der Waals surface area (Å²) >= 11 is 1.52. The molecule has 25 heavy (non-hydrogen) atoms. The topological polar surface area (TPSA) is 49.4 Å². The van der Waals surface area contributed by atoms with Gasteiger partial charge in [0, 0.05) is 28.9 Å². The first-order valence-corrected chi connectivity index (χ1v) is 8.94. The summed E-state index contributed by atoms with van der Waals surface area (Å²) in [7, 11) is 0. The van der Waals surface area contributed by atoms with Crippen LogP contribution in [-0.4, -0.2) is 36.3 Å². The predicted molar refractivity (Wildman–Crippen MR) is 99.7 cm³/mol. The van der Waals surface area contributed by atoms with Gasteiger partial charge in [-0.15, -0.1) is 11.3 Å². The van der Waals surface area contributed by atoms with Gasteiger partial charge in [0.1, 0.15) is 5.82 Å². The maximum Gasteiger partial charge on any atom is 0.247 e. The Kier molecular flexibility index (Phi) is 6.89. The second kappa shape index (κ2) is 9.13. The number of halogens is 1. The van der Waals surface area contributed by atoms with E-state index < -0.39 is 0 Å². The van der Waals surface area contributed by atoms with Gasteiger partial charge in [-0.2, -0.15) is 0 Å².